The maximum absolute atomic E-state index is 5.38. The molecule has 4 nitrogen and oxygen atoms in total. The summed E-state index contributed by atoms with van der Waals surface area (Å²) in [6.45, 7) is 0. The van der Waals surface area contributed by atoms with Crippen molar-refractivity contribution in [3.05, 3.63) is 258 Å². The van der Waals surface area contributed by atoms with Crippen molar-refractivity contribution in [2.45, 2.75) is 38.0 Å². The van der Waals surface area contributed by atoms with Gasteiger partial charge in [-0.1, -0.05) is 212 Å². The lowest BCUT2D eigenvalue weighted by Gasteiger charge is -2.22. The van der Waals surface area contributed by atoms with E-state index >= 15 is 0 Å². The molecule has 1 atom stereocenters. The molecule has 3 heterocycles. The number of benzene rings is 6. The summed E-state index contributed by atoms with van der Waals surface area (Å²) in [5.74, 6) is 2.07. The van der Waals surface area contributed by atoms with Crippen LogP contribution in [0, 0.1) is 0 Å². The first-order valence-corrected chi connectivity index (χ1v) is 23.5. The van der Waals surface area contributed by atoms with Crippen molar-refractivity contribution in [1.29, 1.82) is 0 Å². The van der Waals surface area contributed by atoms with Gasteiger partial charge in [-0.25, -0.2) is 15.0 Å². The summed E-state index contributed by atoms with van der Waals surface area (Å²) in [7, 11) is 0. The Kier molecular flexibility index (Phi) is 10.6. The van der Waals surface area contributed by atoms with Crippen LogP contribution >= 0.6 is 0 Å². The normalized spacial score (nSPS) is 16.0. The van der Waals surface area contributed by atoms with E-state index in [1.165, 1.54) is 55.5 Å². The van der Waals surface area contributed by atoms with Gasteiger partial charge in [-0.05, 0) is 99.9 Å². The van der Waals surface area contributed by atoms with Crippen LogP contribution in [0.1, 0.15) is 60.7 Å². The first kappa shape index (κ1) is 40.3. The van der Waals surface area contributed by atoms with Crippen LogP contribution in [0.3, 0.4) is 0 Å². The van der Waals surface area contributed by atoms with E-state index in [2.05, 4.69) is 223 Å². The van der Waals surface area contributed by atoms with E-state index in [1.54, 1.807) is 0 Å². The fraction of sp³-hybridized carbons (Fsp3) is 0.0952. The highest BCUT2D eigenvalue weighted by Gasteiger charge is 2.24. The van der Waals surface area contributed by atoms with E-state index in [0.29, 0.717) is 5.92 Å². The molecular weight excluding hydrogens is 813 g/mol. The largest absolute Gasteiger partial charge is 0.277 e. The van der Waals surface area contributed by atoms with Crippen LogP contribution in [0.5, 0.6) is 0 Å². The average molecular weight is 861 g/mol. The molecule has 1 unspecified atom stereocenters. The average Bonchev–Trinajstić information content (AvgIpc) is 3.76. The zero-order chi connectivity index (χ0) is 44.5. The first-order chi connectivity index (χ1) is 33.2. The molecule has 0 aliphatic heterocycles. The Morgan fingerprint density at radius 2 is 0.955 bits per heavy atom. The van der Waals surface area contributed by atoms with Crippen LogP contribution in [-0.2, 0) is 0 Å². The molecule has 0 radical (unpaired) electrons. The van der Waals surface area contributed by atoms with Gasteiger partial charge in [0.25, 0.3) is 0 Å². The first-order valence-electron chi connectivity index (χ1n) is 23.5. The molecule has 3 aromatic heterocycles. The quantitative estimate of drug-likeness (QED) is 0.145. The number of aromatic nitrogens is 4. The van der Waals surface area contributed by atoms with Crippen molar-refractivity contribution in [1.82, 2.24) is 19.4 Å². The molecule has 0 amide bonds. The highest BCUT2D eigenvalue weighted by atomic mass is 15.1. The molecule has 0 spiro atoms. The third-order valence-corrected chi connectivity index (χ3v) is 13.7. The molecule has 4 heteroatoms. The minimum absolute atomic E-state index is 0.372. The number of pyridine rings is 1. The zero-order valence-corrected chi connectivity index (χ0v) is 37.3. The summed E-state index contributed by atoms with van der Waals surface area (Å²) in [5.41, 5.74) is 18.9. The van der Waals surface area contributed by atoms with Crippen molar-refractivity contribution >= 4 is 33.1 Å². The van der Waals surface area contributed by atoms with Crippen LogP contribution in [0.15, 0.2) is 236 Å². The molecule has 0 N–H and O–H groups in total. The molecule has 3 aliphatic carbocycles. The SMILES string of the molecule is C1=CC(c2ccccc2)CC=C1c1cc(C2=CC=C(C3=CC=C(c4nc(-c5ccccc5)nc5c6ccccc6c(-c6ccccc6)n45)CC3)CC2)cc(-c2ccc(-c3ccccc3)cc2)n1. The van der Waals surface area contributed by atoms with Gasteiger partial charge in [0.1, 0.15) is 11.5 Å². The summed E-state index contributed by atoms with van der Waals surface area (Å²) in [4.78, 5) is 16.0. The Balaban J connectivity index is 0.894. The number of nitrogens with zero attached hydrogens (tertiary/aromatic N) is 4. The van der Waals surface area contributed by atoms with Crippen LogP contribution in [-0.4, -0.2) is 19.4 Å². The van der Waals surface area contributed by atoms with Gasteiger partial charge in [-0.2, -0.15) is 0 Å². The number of hydrogen-bond donors (Lipinski definition) is 0. The fourth-order valence-electron chi connectivity index (χ4n) is 10.1. The fourth-order valence-corrected chi connectivity index (χ4v) is 10.1. The molecule has 0 fully saturated rings. The van der Waals surface area contributed by atoms with Crippen LogP contribution in [0.25, 0.3) is 78.2 Å². The summed E-state index contributed by atoms with van der Waals surface area (Å²) < 4.78 is 2.31. The number of hydrogen-bond acceptors (Lipinski definition) is 3. The minimum atomic E-state index is 0.372. The maximum Gasteiger partial charge on any atom is 0.163 e. The Morgan fingerprint density at radius 1 is 0.418 bits per heavy atom. The molecule has 6 aromatic carbocycles. The molecule has 320 valence electrons. The third kappa shape index (κ3) is 7.91. The van der Waals surface area contributed by atoms with Crippen LogP contribution < -0.4 is 0 Å². The van der Waals surface area contributed by atoms with Gasteiger partial charge < -0.3 is 0 Å². The molecule has 67 heavy (non-hydrogen) atoms. The van der Waals surface area contributed by atoms with E-state index in [-0.39, 0.29) is 0 Å². The van der Waals surface area contributed by atoms with Gasteiger partial charge in [-0.3, -0.25) is 4.40 Å². The molecular formula is C63H48N4. The van der Waals surface area contributed by atoms with Gasteiger partial charge in [0.2, 0.25) is 0 Å². The van der Waals surface area contributed by atoms with E-state index < -0.39 is 0 Å². The maximum atomic E-state index is 5.38. The van der Waals surface area contributed by atoms with Crippen molar-refractivity contribution in [3.63, 3.8) is 0 Å². The molecule has 9 aromatic rings. The van der Waals surface area contributed by atoms with Crippen LogP contribution in [0.4, 0.5) is 0 Å². The summed E-state index contributed by atoms with van der Waals surface area (Å²) in [5, 5.41) is 2.30. The Morgan fingerprint density at radius 3 is 1.60 bits per heavy atom. The van der Waals surface area contributed by atoms with E-state index in [4.69, 9.17) is 15.0 Å². The highest BCUT2D eigenvalue weighted by Crippen LogP contribution is 2.41. The predicted molar refractivity (Wildman–Crippen MR) is 278 cm³/mol. The molecule has 0 saturated heterocycles. The van der Waals surface area contributed by atoms with E-state index in [9.17, 15) is 0 Å². The molecule has 3 aliphatic rings. The number of allylic oxidation sites excluding steroid dienone is 12. The number of rotatable bonds is 9. The predicted octanol–water partition coefficient (Wildman–Crippen LogP) is 16.0. The van der Waals surface area contributed by atoms with Gasteiger partial charge in [-0.15, -0.1) is 0 Å². The van der Waals surface area contributed by atoms with E-state index in [1.807, 2.05) is 6.07 Å². The Hall–Kier alpha value is -8.21. The van der Waals surface area contributed by atoms with Crippen molar-refractivity contribution < 1.29 is 0 Å². The second-order valence-corrected chi connectivity index (χ2v) is 17.8. The summed E-state index contributed by atoms with van der Waals surface area (Å²) >= 11 is 0. The van der Waals surface area contributed by atoms with Gasteiger partial charge in [0, 0.05) is 27.8 Å². The van der Waals surface area contributed by atoms with Gasteiger partial charge in [0.15, 0.2) is 5.82 Å². The monoisotopic (exact) mass is 860 g/mol. The van der Waals surface area contributed by atoms with Gasteiger partial charge in [0.05, 0.1) is 17.1 Å². The lowest BCUT2D eigenvalue weighted by atomic mass is 9.85. The Labute approximate surface area is 392 Å². The lowest BCUT2D eigenvalue weighted by molar-refractivity contribution is 0.856. The van der Waals surface area contributed by atoms with Crippen molar-refractivity contribution in [2.24, 2.45) is 0 Å². The molecule has 12 rings (SSSR count). The standard InChI is InChI=1S/C63H48N4/c1-5-15-43(16-6-1)45-29-35-50(36-30-45)58-41-55(42-59(64-58)51-37-31-46(32-38-51)44-17-7-2-8-18-44)49-27-25-47(26-28-49)48-33-39-54(40-34-48)62-65-61(53-21-11-4-12-22-53)66-63-57-24-14-13-23-56(57)60(67(62)63)52-19-9-3-10-20-52/h1-25,27,29-31,33,35-39,41-42,46H,26,28,32,34,40H2. The smallest absolute Gasteiger partial charge is 0.163 e. The summed E-state index contributed by atoms with van der Waals surface area (Å²) in [6.07, 6.45) is 21.1. The molecule has 0 bridgehead atoms. The van der Waals surface area contributed by atoms with Crippen LogP contribution in [0.2, 0.25) is 0 Å². The minimum Gasteiger partial charge on any atom is -0.277 e. The van der Waals surface area contributed by atoms with Gasteiger partial charge >= 0.3 is 0 Å². The van der Waals surface area contributed by atoms with Crippen molar-refractivity contribution in [2.75, 3.05) is 0 Å². The second-order valence-electron chi connectivity index (χ2n) is 17.8. The molecule has 0 saturated carbocycles. The Bertz CT molecular complexity index is 3500. The summed E-state index contributed by atoms with van der Waals surface area (Å²) in [6, 6.07) is 64.5. The van der Waals surface area contributed by atoms with E-state index in [0.717, 1.165) is 88.6 Å². The zero-order valence-electron chi connectivity index (χ0n) is 37.3. The highest BCUT2D eigenvalue weighted by molar-refractivity contribution is 6.06. The topological polar surface area (TPSA) is 43.1 Å². The lowest BCUT2D eigenvalue weighted by Crippen LogP contribution is -2.08. The number of fused-ring (bicyclic) bond motifs is 3. The van der Waals surface area contributed by atoms with Crippen molar-refractivity contribution in [3.8, 4) is 45.0 Å². The third-order valence-electron chi connectivity index (χ3n) is 13.7. The second kappa shape index (κ2) is 17.6.